The second-order valence-corrected chi connectivity index (χ2v) is 4.69. The third-order valence-corrected chi connectivity index (χ3v) is 2.44. The van der Waals surface area contributed by atoms with Gasteiger partial charge in [0, 0.05) is 18.8 Å². The van der Waals surface area contributed by atoms with Gasteiger partial charge in [0.1, 0.15) is 0 Å². The van der Waals surface area contributed by atoms with Gasteiger partial charge in [-0.3, -0.25) is 4.79 Å². The predicted molar refractivity (Wildman–Crippen MR) is 71.1 cm³/mol. The van der Waals surface area contributed by atoms with Gasteiger partial charge < -0.3 is 15.6 Å². The van der Waals surface area contributed by atoms with Crippen molar-refractivity contribution in [1.29, 1.82) is 0 Å². The fourth-order valence-corrected chi connectivity index (χ4v) is 1.51. The van der Waals surface area contributed by atoms with Gasteiger partial charge in [-0.2, -0.15) is 0 Å². The Morgan fingerprint density at radius 1 is 1.24 bits per heavy atom. The first-order valence-electron chi connectivity index (χ1n) is 6.27. The minimum Gasteiger partial charge on any atom is -0.329 e. The molecule has 0 bridgehead atoms. The second-order valence-electron chi connectivity index (χ2n) is 4.69. The molecule has 0 fully saturated rings. The minimum absolute atomic E-state index is 0.0494. The van der Waals surface area contributed by atoms with Crippen LogP contribution >= 0.6 is 0 Å². The van der Waals surface area contributed by atoms with Crippen LogP contribution in [-0.2, 0) is 6.54 Å². The summed E-state index contributed by atoms with van der Waals surface area (Å²) in [5.74, 6) is 0.712. The van der Waals surface area contributed by atoms with Crippen molar-refractivity contribution in [3.05, 3.63) is 34.2 Å². The van der Waals surface area contributed by atoms with Crippen LogP contribution in [0, 0.1) is 5.92 Å². The van der Waals surface area contributed by atoms with Crippen molar-refractivity contribution in [3.63, 3.8) is 0 Å². The molecule has 0 saturated heterocycles. The molecule has 1 aromatic rings. The molecule has 17 heavy (non-hydrogen) atoms. The van der Waals surface area contributed by atoms with Crippen molar-refractivity contribution < 1.29 is 0 Å². The molecular weight excluding hydrogens is 214 g/mol. The van der Waals surface area contributed by atoms with E-state index >= 15 is 0 Å². The van der Waals surface area contributed by atoms with Crippen LogP contribution in [0.4, 0.5) is 0 Å². The summed E-state index contributed by atoms with van der Waals surface area (Å²) < 4.78 is 0. The van der Waals surface area contributed by atoms with Crippen LogP contribution in [0.5, 0.6) is 0 Å². The van der Waals surface area contributed by atoms with E-state index in [1.165, 1.54) is 0 Å². The van der Waals surface area contributed by atoms with Crippen LogP contribution in [0.3, 0.4) is 0 Å². The van der Waals surface area contributed by atoms with E-state index in [-0.39, 0.29) is 5.56 Å². The third kappa shape index (κ3) is 6.92. The highest BCUT2D eigenvalue weighted by Crippen LogP contribution is 1.92. The van der Waals surface area contributed by atoms with Gasteiger partial charge in [-0.25, -0.2) is 0 Å². The number of aromatic nitrogens is 1. The largest absolute Gasteiger partial charge is 0.329 e. The van der Waals surface area contributed by atoms with E-state index in [1.807, 2.05) is 6.07 Å². The molecule has 0 radical (unpaired) electrons. The van der Waals surface area contributed by atoms with Crippen LogP contribution in [0.25, 0.3) is 0 Å². The number of nitrogens with one attached hydrogen (secondary N) is 3. The van der Waals surface area contributed by atoms with Gasteiger partial charge in [0.2, 0.25) is 5.56 Å². The van der Waals surface area contributed by atoms with Crippen LogP contribution in [-0.4, -0.2) is 24.6 Å². The summed E-state index contributed by atoms with van der Waals surface area (Å²) in [6.45, 7) is 8.35. The van der Waals surface area contributed by atoms with Crippen LogP contribution < -0.4 is 16.2 Å². The van der Waals surface area contributed by atoms with Crippen molar-refractivity contribution in [2.45, 2.75) is 26.8 Å². The number of hydrogen-bond donors (Lipinski definition) is 3. The predicted octanol–water partition coefficient (Wildman–Crippen LogP) is 1.10. The molecule has 1 heterocycles. The number of rotatable bonds is 8. The average Bonchev–Trinajstić information content (AvgIpc) is 2.30. The molecule has 1 rings (SSSR count). The number of pyridine rings is 1. The molecule has 0 spiro atoms. The summed E-state index contributed by atoms with van der Waals surface area (Å²) in [7, 11) is 0. The number of aromatic amines is 1. The van der Waals surface area contributed by atoms with E-state index in [0.29, 0.717) is 5.92 Å². The summed E-state index contributed by atoms with van der Waals surface area (Å²) in [4.78, 5) is 13.5. The highest BCUT2D eigenvalue weighted by molar-refractivity contribution is 5.07. The number of hydrogen-bond acceptors (Lipinski definition) is 3. The Bertz CT molecular complexity index is 339. The zero-order chi connectivity index (χ0) is 12.5. The molecule has 96 valence electrons. The van der Waals surface area contributed by atoms with E-state index in [2.05, 4.69) is 29.5 Å². The van der Waals surface area contributed by atoms with Crippen molar-refractivity contribution in [3.8, 4) is 0 Å². The van der Waals surface area contributed by atoms with Gasteiger partial charge >= 0.3 is 0 Å². The lowest BCUT2D eigenvalue weighted by atomic mass is 10.2. The molecule has 4 nitrogen and oxygen atoms in total. The first-order valence-corrected chi connectivity index (χ1v) is 6.27. The normalized spacial score (nSPS) is 11.0. The van der Waals surface area contributed by atoms with E-state index in [4.69, 9.17) is 0 Å². The van der Waals surface area contributed by atoms with Crippen molar-refractivity contribution >= 4 is 0 Å². The molecule has 1 aromatic heterocycles. The maximum atomic E-state index is 10.8. The lowest BCUT2D eigenvalue weighted by molar-refractivity contribution is 0.530. The Balaban J connectivity index is 2.01. The van der Waals surface area contributed by atoms with Gasteiger partial charge in [0.15, 0.2) is 0 Å². The maximum absolute atomic E-state index is 10.8. The molecule has 3 N–H and O–H groups in total. The number of H-pyrrole nitrogens is 1. The highest BCUT2D eigenvalue weighted by Gasteiger charge is 1.94. The van der Waals surface area contributed by atoms with Gasteiger partial charge in [0.25, 0.3) is 0 Å². The summed E-state index contributed by atoms with van der Waals surface area (Å²) in [5.41, 5.74) is 1.06. The third-order valence-electron chi connectivity index (χ3n) is 2.44. The maximum Gasteiger partial charge on any atom is 0.247 e. The summed E-state index contributed by atoms with van der Waals surface area (Å²) >= 11 is 0. The lowest BCUT2D eigenvalue weighted by Gasteiger charge is -2.08. The molecule has 0 aliphatic rings. The van der Waals surface area contributed by atoms with E-state index in [0.717, 1.165) is 38.2 Å². The second kappa shape index (κ2) is 8.03. The first kappa shape index (κ1) is 13.9. The molecule has 0 aromatic carbocycles. The fraction of sp³-hybridized carbons (Fsp3) is 0.615. The SMILES string of the molecule is CC(C)CNCCCNCc1ccc(=O)[nH]c1. The molecule has 0 saturated carbocycles. The Labute approximate surface area is 103 Å². The van der Waals surface area contributed by atoms with E-state index in [9.17, 15) is 4.79 Å². The zero-order valence-corrected chi connectivity index (χ0v) is 10.8. The standard InChI is InChI=1S/C13H23N3O/c1-11(2)8-14-6-3-7-15-9-12-4-5-13(17)16-10-12/h4-5,10-11,14-15H,3,6-9H2,1-2H3,(H,16,17). The van der Waals surface area contributed by atoms with Gasteiger partial charge in [-0.05, 0) is 37.5 Å². The topological polar surface area (TPSA) is 56.9 Å². The molecule has 0 aliphatic carbocycles. The highest BCUT2D eigenvalue weighted by atomic mass is 16.1. The van der Waals surface area contributed by atoms with Crippen LogP contribution in [0.15, 0.2) is 23.1 Å². The molecule has 0 unspecified atom stereocenters. The molecule has 0 amide bonds. The Hall–Kier alpha value is -1.13. The van der Waals surface area contributed by atoms with Gasteiger partial charge in [0.05, 0.1) is 0 Å². The van der Waals surface area contributed by atoms with Crippen LogP contribution in [0.2, 0.25) is 0 Å². The summed E-state index contributed by atoms with van der Waals surface area (Å²) in [5, 5.41) is 6.75. The van der Waals surface area contributed by atoms with E-state index < -0.39 is 0 Å². The van der Waals surface area contributed by atoms with Gasteiger partial charge in [-0.15, -0.1) is 0 Å². The zero-order valence-electron chi connectivity index (χ0n) is 10.8. The van der Waals surface area contributed by atoms with Crippen molar-refractivity contribution in [1.82, 2.24) is 15.6 Å². The quantitative estimate of drug-likeness (QED) is 0.593. The van der Waals surface area contributed by atoms with Crippen molar-refractivity contribution in [2.24, 2.45) is 5.92 Å². The molecule has 0 atom stereocenters. The monoisotopic (exact) mass is 237 g/mol. The fourth-order valence-electron chi connectivity index (χ4n) is 1.51. The Morgan fingerprint density at radius 3 is 2.65 bits per heavy atom. The van der Waals surface area contributed by atoms with E-state index in [1.54, 1.807) is 12.3 Å². The minimum atomic E-state index is -0.0494. The summed E-state index contributed by atoms with van der Waals surface area (Å²) in [6.07, 6.45) is 2.88. The molecule has 0 aliphatic heterocycles. The van der Waals surface area contributed by atoms with Crippen LogP contribution in [0.1, 0.15) is 25.8 Å². The Kier molecular flexibility index (Phi) is 6.58. The molecule has 4 heteroatoms. The smallest absolute Gasteiger partial charge is 0.247 e. The van der Waals surface area contributed by atoms with Gasteiger partial charge in [-0.1, -0.05) is 19.9 Å². The Morgan fingerprint density at radius 2 is 2.00 bits per heavy atom. The lowest BCUT2D eigenvalue weighted by Crippen LogP contribution is -2.24. The average molecular weight is 237 g/mol. The van der Waals surface area contributed by atoms with Crippen molar-refractivity contribution in [2.75, 3.05) is 19.6 Å². The summed E-state index contributed by atoms with van der Waals surface area (Å²) in [6, 6.07) is 3.41. The first-order chi connectivity index (χ1) is 8.18. The molecular formula is C13H23N3O.